The summed E-state index contributed by atoms with van der Waals surface area (Å²) < 4.78 is 25.8. The van der Waals surface area contributed by atoms with Gasteiger partial charge in [-0.1, -0.05) is 37.3 Å². The molecule has 0 heterocycles. The number of hydrogen-bond donors (Lipinski definition) is 1. The van der Waals surface area contributed by atoms with Gasteiger partial charge in [0.05, 0.1) is 11.9 Å². The molecule has 1 atom stereocenters. The minimum atomic E-state index is -3.61. The third-order valence-electron chi connectivity index (χ3n) is 4.00. The maximum atomic E-state index is 12.7. The Hall–Kier alpha value is -2.34. The Morgan fingerprint density at radius 2 is 1.84 bits per heavy atom. The molecule has 1 N–H and O–H groups in total. The fourth-order valence-corrected chi connectivity index (χ4v) is 3.93. The van der Waals surface area contributed by atoms with Crippen LogP contribution in [-0.2, 0) is 21.2 Å². The van der Waals surface area contributed by atoms with Gasteiger partial charge >= 0.3 is 0 Å². The quantitative estimate of drug-likeness (QED) is 0.859. The van der Waals surface area contributed by atoms with Crippen molar-refractivity contribution >= 4 is 27.3 Å². The first kappa shape index (κ1) is 19.0. The van der Waals surface area contributed by atoms with E-state index in [-0.39, 0.29) is 5.91 Å². The largest absolute Gasteiger partial charge is 0.324 e. The summed E-state index contributed by atoms with van der Waals surface area (Å²) in [6.07, 6.45) is 1.89. The van der Waals surface area contributed by atoms with Crippen LogP contribution in [0, 0.1) is 6.92 Å². The van der Waals surface area contributed by atoms with Crippen LogP contribution in [0.3, 0.4) is 0 Å². The molecule has 0 aromatic heterocycles. The number of carbonyl (C=O) groups is 1. The number of hydrogen-bond acceptors (Lipinski definition) is 3. The summed E-state index contributed by atoms with van der Waals surface area (Å²) >= 11 is 0. The summed E-state index contributed by atoms with van der Waals surface area (Å²) in [4.78, 5) is 12.7. The molecule has 0 fully saturated rings. The predicted molar refractivity (Wildman–Crippen MR) is 102 cm³/mol. The second-order valence-electron chi connectivity index (χ2n) is 6.07. The molecule has 25 heavy (non-hydrogen) atoms. The molecule has 0 spiro atoms. The van der Waals surface area contributed by atoms with Crippen LogP contribution < -0.4 is 9.62 Å². The second kappa shape index (κ2) is 7.70. The van der Waals surface area contributed by atoms with E-state index < -0.39 is 16.1 Å². The fourth-order valence-electron chi connectivity index (χ4n) is 2.76. The summed E-state index contributed by atoms with van der Waals surface area (Å²) in [5.74, 6) is -0.368. The van der Waals surface area contributed by atoms with Gasteiger partial charge in [-0.2, -0.15) is 0 Å². The molecular weight excluding hydrogens is 336 g/mol. The molecule has 0 unspecified atom stereocenters. The van der Waals surface area contributed by atoms with Crippen molar-refractivity contribution in [1.82, 2.24) is 0 Å². The first-order valence-corrected chi connectivity index (χ1v) is 10.0. The Balaban J connectivity index is 2.33. The van der Waals surface area contributed by atoms with E-state index >= 15 is 0 Å². The first-order valence-electron chi connectivity index (χ1n) is 8.19. The van der Waals surface area contributed by atoms with Crippen LogP contribution in [0.1, 0.15) is 25.0 Å². The molecule has 0 saturated heterocycles. The standard InChI is InChI=1S/C19H24N2O3S/c1-5-16-10-6-7-12-18(16)20-19(22)15(3)21(25(4,23)24)17-11-8-9-14(2)13-17/h6-13,15H,5H2,1-4H3,(H,20,22)/t15-/m0/s1. The van der Waals surface area contributed by atoms with Gasteiger partial charge in [-0.05, 0) is 49.6 Å². The van der Waals surface area contributed by atoms with Crippen molar-refractivity contribution in [3.8, 4) is 0 Å². The van der Waals surface area contributed by atoms with Gasteiger partial charge in [-0.15, -0.1) is 0 Å². The van der Waals surface area contributed by atoms with Crippen molar-refractivity contribution in [2.24, 2.45) is 0 Å². The number of sulfonamides is 1. The molecule has 5 nitrogen and oxygen atoms in total. The van der Waals surface area contributed by atoms with Crippen LogP contribution in [0.4, 0.5) is 11.4 Å². The van der Waals surface area contributed by atoms with E-state index in [0.717, 1.165) is 28.1 Å². The number of nitrogens with one attached hydrogen (secondary N) is 1. The lowest BCUT2D eigenvalue weighted by Gasteiger charge is -2.28. The third kappa shape index (κ3) is 4.60. The maximum absolute atomic E-state index is 12.7. The molecule has 6 heteroatoms. The number of para-hydroxylation sites is 1. The number of amides is 1. The molecule has 1 amide bonds. The van der Waals surface area contributed by atoms with Gasteiger partial charge in [0.2, 0.25) is 15.9 Å². The average Bonchev–Trinajstić information content (AvgIpc) is 2.54. The van der Waals surface area contributed by atoms with Gasteiger partial charge in [-0.3, -0.25) is 9.10 Å². The summed E-state index contributed by atoms with van der Waals surface area (Å²) in [5.41, 5.74) is 3.12. The van der Waals surface area contributed by atoms with E-state index in [0.29, 0.717) is 11.4 Å². The Bertz CT molecular complexity index is 862. The fraction of sp³-hybridized carbons (Fsp3) is 0.316. The zero-order chi connectivity index (χ0) is 18.6. The lowest BCUT2D eigenvalue weighted by molar-refractivity contribution is -0.116. The summed E-state index contributed by atoms with van der Waals surface area (Å²) in [7, 11) is -3.61. The molecule has 0 bridgehead atoms. The summed E-state index contributed by atoms with van der Waals surface area (Å²) in [6, 6.07) is 13.7. The highest BCUT2D eigenvalue weighted by molar-refractivity contribution is 7.92. The Kier molecular flexibility index (Phi) is 5.85. The van der Waals surface area contributed by atoms with Crippen molar-refractivity contribution in [2.75, 3.05) is 15.9 Å². The van der Waals surface area contributed by atoms with Crippen LogP contribution in [0.15, 0.2) is 48.5 Å². The van der Waals surface area contributed by atoms with Crippen LogP contribution >= 0.6 is 0 Å². The molecular formula is C19H24N2O3S. The maximum Gasteiger partial charge on any atom is 0.248 e. The molecule has 2 rings (SSSR count). The average molecular weight is 360 g/mol. The first-order chi connectivity index (χ1) is 11.7. The molecule has 2 aromatic carbocycles. The van der Waals surface area contributed by atoms with Crippen molar-refractivity contribution in [2.45, 2.75) is 33.2 Å². The number of anilines is 2. The van der Waals surface area contributed by atoms with Gasteiger partial charge in [0, 0.05) is 5.69 Å². The Morgan fingerprint density at radius 1 is 1.16 bits per heavy atom. The molecule has 0 saturated carbocycles. The molecule has 0 aliphatic heterocycles. The normalized spacial score (nSPS) is 12.5. The highest BCUT2D eigenvalue weighted by Crippen LogP contribution is 2.23. The van der Waals surface area contributed by atoms with Gasteiger partial charge in [0.1, 0.15) is 6.04 Å². The van der Waals surface area contributed by atoms with Crippen LogP contribution in [0.25, 0.3) is 0 Å². The van der Waals surface area contributed by atoms with Crippen LogP contribution in [0.5, 0.6) is 0 Å². The predicted octanol–water partition coefficient (Wildman–Crippen LogP) is 3.35. The van der Waals surface area contributed by atoms with E-state index in [1.165, 1.54) is 0 Å². The van der Waals surface area contributed by atoms with Gasteiger partial charge in [0.25, 0.3) is 0 Å². The number of carbonyl (C=O) groups excluding carboxylic acids is 1. The van der Waals surface area contributed by atoms with Crippen LogP contribution in [-0.4, -0.2) is 26.6 Å². The minimum absolute atomic E-state index is 0.368. The van der Waals surface area contributed by atoms with E-state index in [1.807, 2.05) is 44.2 Å². The molecule has 0 aliphatic carbocycles. The summed E-state index contributed by atoms with van der Waals surface area (Å²) in [5, 5.41) is 2.85. The molecule has 134 valence electrons. The SMILES string of the molecule is CCc1ccccc1NC(=O)[C@H](C)N(c1cccc(C)c1)S(C)(=O)=O. The molecule has 0 radical (unpaired) electrons. The highest BCUT2D eigenvalue weighted by Gasteiger charge is 2.29. The van der Waals surface area contributed by atoms with E-state index in [4.69, 9.17) is 0 Å². The lowest BCUT2D eigenvalue weighted by atomic mass is 10.1. The molecule has 2 aromatic rings. The third-order valence-corrected chi connectivity index (χ3v) is 5.24. The van der Waals surface area contributed by atoms with Crippen molar-refractivity contribution in [1.29, 1.82) is 0 Å². The Labute approximate surface area is 149 Å². The second-order valence-corrected chi connectivity index (χ2v) is 7.93. The monoisotopic (exact) mass is 360 g/mol. The number of benzene rings is 2. The van der Waals surface area contributed by atoms with E-state index in [2.05, 4.69) is 5.32 Å². The van der Waals surface area contributed by atoms with Gasteiger partial charge in [-0.25, -0.2) is 8.42 Å². The lowest BCUT2D eigenvalue weighted by Crippen LogP contribution is -2.45. The van der Waals surface area contributed by atoms with Crippen molar-refractivity contribution in [3.05, 3.63) is 59.7 Å². The van der Waals surface area contributed by atoms with E-state index in [1.54, 1.807) is 25.1 Å². The smallest absolute Gasteiger partial charge is 0.248 e. The number of nitrogens with zero attached hydrogens (tertiary/aromatic N) is 1. The molecule has 0 aliphatic rings. The minimum Gasteiger partial charge on any atom is -0.324 e. The highest BCUT2D eigenvalue weighted by atomic mass is 32.2. The van der Waals surface area contributed by atoms with Crippen LogP contribution in [0.2, 0.25) is 0 Å². The van der Waals surface area contributed by atoms with Crippen molar-refractivity contribution < 1.29 is 13.2 Å². The zero-order valence-corrected chi connectivity index (χ0v) is 15.8. The topological polar surface area (TPSA) is 66.5 Å². The number of rotatable bonds is 6. The van der Waals surface area contributed by atoms with Gasteiger partial charge in [0.15, 0.2) is 0 Å². The van der Waals surface area contributed by atoms with Gasteiger partial charge < -0.3 is 5.32 Å². The zero-order valence-electron chi connectivity index (χ0n) is 15.0. The van der Waals surface area contributed by atoms with E-state index in [9.17, 15) is 13.2 Å². The summed E-state index contributed by atoms with van der Waals surface area (Å²) in [6.45, 7) is 5.48. The van der Waals surface area contributed by atoms with Crippen molar-refractivity contribution in [3.63, 3.8) is 0 Å². The Morgan fingerprint density at radius 3 is 2.44 bits per heavy atom. The number of aryl methyl sites for hydroxylation is 2.